The Morgan fingerprint density at radius 1 is 0.750 bits per heavy atom. The number of carbonyl (C=O) groups excluding carboxylic acids is 1. The average molecular weight is 379 g/mol. The number of benzene rings is 2. The monoisotopic (exact) mass is 378 g/mol. The molecule has 1 saturated heterocycles. The number of urea groups is 1. The maximum Gasteiger partial charge on any atom is 0.319 e. The van der Waals surface area contributed by atoms with Gasteiger partial charge in [-0.25, -0.2) is 4.79 Å². The predicted octanol–water partition coefficient (Wildman–Crippen LogP) is 4.47. The van der Waals surface area contributed by atoms with Crippen molar-refractivity contribution in [1.82, 2.24) is 5.32 Å². The lowest BCUT2D eigenvalue weighted by Gasteiger charge is -2.37. The van der Waals surface area contributed by atoms with Gasteiger partial charge in [0.25, 0.3) is 0 Å². The van der Waals surface area contributed by atoms with Gasteiger partial charge in [-0.1, -0.05) is 37.5 Å². The standard InChI is InChI=1S/C23H30N4O/c28-23(24-19-7-3-1-4-8-19)25-20-11-13-22(14-12-20)27-17-15-26(16-18-27)21-9-5-2-6-10-21/h2,5-6,9-14,19H,1,3-4,7-8,15-18H2,(H2,24,25,28). The number of anilines is 3. The van der Waals surface area contributed by atoms with Gasteiger partial charge < -0.3 is 20.4 Å². The van der Waals surface area contributed by atoms with Crippen molar-refractivity contribution in [3.05, 3.63) is 54.6 Å². The van der Waals surface area contributed by atoms with Crippen molar-refractivity contribution in [1.29, 1.82) is 0 Å². The van der Waals surface area contributed by atoms with E-state index in [0.717, 1.165) is 44.7 Å². The molecule has 2 fully saturated rings. The number of nitrogens with zero attached hydrogens (tertiary/aromatic N) is 2. The number of para-hydroxylation sites is 1. The summed E-state index contributed by atoms with van der Waals surface area (Å²) in [5, 5.41) is 6.07. The van der Waals surface area contributed by atoms with E-state index in [-0.39, 0.29) is 6.03 Å². The van der Waals surface area contributed by atoms with E-state index in [1.807, 2.05) is 12.1 Å². The molecule has 0 bridgehead atoms. The number of piperazine rings is 1. The van der Waals surface area contributed by atoms with Crippen molar-refractivity contribution in [2.24, 2.45) is 0 Å². The molecule has 4 rings (SSSR count). The number of hydrogen-bond acceptors (Lipinski definition) is 3. The van der Waals surface area contributed by atoms with Crippen LogP contribution in [0.15, 0.2) is 54.6 Å². The van der Waals surface area contributed by atoms with E-state index in [2.05, 4.69) is 62.9 Å². The Bertz CT molecular complexity index is 748. The van der Waals surface area contributed by atoms with Gasteiger partial charge in [-0.05, 0) is 49.2 Å². The Hall–Kier alpha value is -2.69. The number of hydrogen-bond donors (Lipinski definition) is 2. The van der Waals surface area contributed by atoms with Gasteiger partial charge in [0.2, 0.25) is 0 Å². The van der Waals surface area contributed by atoms with Gasteiger partial charge in [0, 0.05) is 49.3 Å². The predicted molar refractivity (Wildman–Crippen MR) is 116 cm³/mol. The smallest absolute Gasteiger partial charge is 0.319 e. The van der Waals surface area contributed by atoms with Crippen LogP contribution >= 0.6 is 0 Å². The second-order valence-electron chi connectivity index (χ2n) is 7.79. The second-order valence-corrected chi connectivity index (χ2v) is 7.79. The van der Waals surface area contributed by atoms with Gasteiger partial charge in [-0.3, -0.25) is 0 Å². The summed E-state index contributed by atoms with van der Waals surface area (Å²) >= 11 is 0. The van der Waals surface area contributed by atoms with Crippen LogP contribution < -0.4 is 20.4 Å². The molecule has 2 aromatic carbocycles. The van der Waals surface area contributed by atoms with E-state index in [0.29, 0.717) is 6.04 Å². The lowest BCUT2D eigenvalue weighted by Crippen LogP contribution is -2.46. The maximum absolute atomic E-state index is 12.2. The van der Waals surface area contributed by atoms with Gasteiger partial charge in [-0.2, -0.15) is 0 Å². The van der Waals surface area contributed by atoms with Crippen LogP contribution in [0, 0.1) is 0 Å². The van der Waals surface area contributed by atoms with Gasteiger partial charge in [0.05, 0.1) is 0 Å². The van der Waals surface area contributed by atoms with Gasteiger partial charge in [0.1, 0.15) is 0 Å². The fourth-order valence-corrected chi connectivity index (χ4v) is 4.22. The van der Waals surface area contributed by atoms with E-state index in [1.165, 1.54) is 30.6 Å². The minimum atomic E-state index is -0.0869. The van der Waals surface area contributed by atoms with Crippen LogP contribution in [0.5, 0.6) is 0 Å². The van der Waals surface area contributed by atoms with E-state index < -0.39 is 0 Å². The van der Waals surface area contributed by atoms with Crippen LogP contribution in [-0.2, 0) is 0 Å². The number of rotatable bonds is 4. The zero-order valence-corrected chi connectivity index (χ0v) is 16.4. The van der Waals surface area contributed by atoms with Crippen LogP contribution in [0.4, 0.5) is 21.9 Å². The molecular weight excluding hydrogens is 348 g/mol. The van der Waals surface area contributed by atoms with Crippen molar-refractivity contribution >= 4 is 23.1 Å². The number of nitrogens with one attached hydrogen (secondary N) is 2. The first-order valence-electron chi connectivity index (χ1n) is 10.5. The third kappa shape index (κ3) is 4.77. The molecule has 2 amide bonds. The molecule has 28 heavy (non-hydrogen) atoms. The number of amides is 2. The molecule has 2 aliphatic rings. The SMILES string of the molecule is O=C(Nc1ccc(N2CCN(c3ccccc3)CC2)cc1)NC1CCCCC1. The van der Waals surface area contributed by atoms with Crippen molar-refractivity contribution in [2.45, 2.75) is 38.1 Å². The summed E-state index contributed by atoms with van der Waals surface area (Å²) in [6, 6.07) is 19.1. The first kappa shape index (κ1) is 18.7. The molecule has 1 aliphatic heterocycles. The highest BCUT2D eigenvalue weighted by molar-refractivity contribution is 5.89. The molecule has 0 unspecified atom stereocenters. The first-order chi connectivity index (χ1) is 13.8. The minimum Gasteiger partial charge on any atom is -0.368 e. The Morgan fingerprint density at radius 3 is 1.93 bits per heavy atom. The Kier molecular flexibility index (Phi) is 6.00. The van der Waals surface area contributed by atoms with E-state index >= 15 is 0 Å². The molecule has 0 atom stereocenters. The normalized spacial score (nSPS) is 18.0. The molecule has 5 heteroatoms. The summed E-state index contributed by atoms with van der Waals surface area (Å²) in [5.74, 6) is 0. The lowest BCUT2D eigenvalue weighted by atomic mass is 9.96. The summed E-state index contributed by atoms with van der Waals surface area (Å²) in [7, 11) is 0. The quantitative estimate of drug-likeness (QED) is 0.825. The largest absolute Gasteiger partial charge is 0.368 e. The van der Waals surface area contributed by atoms with Gasteiger partial charge >= 0.3 is 6.03 Å². The van der Waals surface area contributed by atoms with Crippen LogP contribution in [0.25, 0.3) is 0 Å². The molecule has 148 valence electrons. The van der Waals surface area contributed by atoms with Crippen LogP contribution in [0.2, 0.25) is 0 Å². The highest BCUT2D eigenvalue weighted by Crippen LogP contribution is 2.22. The highest BCUT2D eigenvalue weighted by Gasteiger charge is 2.18. The van der Waals surface area contributed by atoms with Crippen LogP contribution in [0.3, 0.4) is 0 Å². The van der Waals surface area contributed by atoms with Crippen molar-refractivity contribution in [3.63, 3.8) is 0 Å². The summed E-state index contributed by atoms with van der Waals surface area (Å²) in [6.45, 7) is 4.05. The molecule has 1 aliphatic carbocycles. The molecule has 2 aromatic rings. The summed E-state index contributed by atoms with van der Waals surface area (Å²) in [5.41, 5.74) is 3.36. The van der Waals surface area contributed by atoms with Crippen molar-refractivity contribution in [3.8, 4) is 0 Å². The molecule has 0 spiro atoms. The Labute approximate surface area is 167 Å². The zero-order valence-electron chi connectivity index (χ0n) is 16.4. The van der Waals surface area contributed by atoms with Crippen molar-refractivity contribution in [2.75, 3.05) is 41.3 Å². The van der Waals surface area contributed by atoms with E-state index in [4.69, 9.17) is 0 Å². The summed E-state index contributed by atoms with van der Waals surface area (Å²) in [6.07, 6.45) is 5.93. The highest BCUT2D eigenvalue weighted by atomic mass is 16.2. The van der Waals surface area contributed by atoms with E-state index in [1.54, 1.807) is 0 Å². The average Bonchev–Trinajstić information content (AvgIpc) is 2.76. The fraction of sp³-hybridized carbons (Fsp3) is 0.435. The Morgan fingerprint density at radius 2 is 1.32 bits per heavy atom. The second kappa shape index (κ2) is 9.00. The molecule has 5 nitrogen and oxygen atoms in total. The summed E-state index contributed by atoms with van der Waals surface area (Å²) in [4.78, 5) is 17.0. The maximum atomic E-state index is 12.2. The zero-order chi connectivity index (χ0) is 19.2. The molecule has 1 heterocycles. The van der Waals surface area contributed by atoms with E-state index in [9.17, 15) is 4.79 Å². The first-order valence-corrected chi connectivity index (χ1v) is 10.5. The molecule has 1 saturated carbocycles. The molecule has 0 radical (unpaired) electrons. The lowest BCUT2D eigenvalue weighted by molar-refractivity contribution is 0.244. The molecule has 0 aromatic heterocycles. The van der Waals surface area contributed by atoms with Crippen LogP contribution in [-0.4, -0.2) is 38.3 Å². The van der Waals surface area contributed by atoms with Crippen LogP contribution in [0.1, 0.15) is 32.1 Å². The minimum absolute atomic E-state index is 0.0869. The third-order valence-electron chi connectivity index (χ3n) is 5.83. The Balaban J connectivity index is 1.27. The van der Waals surface area contributed by atoms with Gasteiger partial charge in [0.15, 0.2) is 0 Å². The third-order valence-corrected chi connectivity index (χ3v) is 5.83. The fourth-order valence-electron chi connectivity index (χ4n) is 4.22. The number of carbonyl (C=O) groups is 1. The van der Waals surface area contributed by atoms with Crippen molar-refractivity contribution < 1.29 is 4.79 Å². The molecule has 2 N–H and O–H groups in total. The topological polar surface area (TPSA) is 47.6 Å². The molecular formula is C23H30N4O. The van der Waals surface area contributed by atoms with Gasteiger partial charge in [-0.15, -0.1) is 0 Å². The summed E-state index contributed by atoms with van der Waals surface area (Å²) < 4.78 is 0.